The summed E-state index contributed by atoms with van der Waals surface area (Å²) in [6, 6.07) is 15.6. The van der Waals surface area contributed by atoms with Crippen LogP contribution in [0.4, 0.5) is 0 Å². The van der Waals surface area contributed by atoms with Gasteiger partial charge >= 0.3 is 0 Å². The van der Waals surface area contributed by atoms with Crippen LogP contribution in [0.5, 0.6) is 17.2 Å². The third kappa shape index (κ3) is 2.71. The fourth-order valence-corrected chi connectivity index (χ4v) is 4.24. The van der Waals surface area contributed by atoms with Crippen molar-refractivity contribution in [2.75, 3.05) is 6.79 Å². The minimum absolute atomic E-state index is 0.0380. The van der Waals surface area contributed by atoms with Crippen LogP contribution in [-0.2, 0) is 0 Å². The van der Waals surface area contributed by atoms with Crippen LogP contribution in [0.3, 0.4) is 0 Å². The van der Waals surface area contributed by atoms with Crippen molar-refractivity contribution >= 4 is 17.3 Å². The molecule has 0 fully saturated rings. The Morgan fingerprint density at radius 3 is 2.66 bits per heavy atom. The molecule has 0 unspecified atom stereocenters. The van der Waals surface area contributed by atoms with E-state index in [-0.39, 0.29) is 19.1 Å². The predicted octanol–water partition coefficient (Wildman–Crippen LogP) is 4.71. The molecular weight excluding hydrogens is 390 g/mol. The average molecular weight is 406 g/mol. The highest BCUT2D eigenvalue weighted by atomic mass is 35.5. The van der Waals surface area contributed by atoms with Crippen LogP contribution in [0.2, 0.25) is 5.02 Å². The number of aromatic nitrogens is 1. The molecule has 0 radical (unpaired) electrons. The van der Waals surface area contributed by atoms with E-state index in [9.17, 15) is 0 Å². The third-order valence-electron chi connectivity index (χ3n) is 5.45. The molecule has 1 aromatic heterocycles. The number of hydrazone groups is 1. The van der Waals surface area contributed by atoms with Crippen LogP contribution in [0, 0.1) is 0 Å². The highest BCUT2D eigenvalue weighted by Crippen LogP contribution is 2.48. The zero-order chi connectivity index (χ0) is 19.4. The summed E-state index contributed by atoms with van der Waals surface area (Å²) in [6.07, 6.45) is 3.95. The quantitative estimate of drug-likeness (QED) is 0.618. The molecule has 7 heteroatoms. The van der Waals surface area contributed by atoms with Crippen LogP contribution >= 0.6 is 11.6 Å². The number of hydrogen-bond donors (Lipinski definition) is 0. The molecule has 3 aromatic rings. The Balaban J connectivity index is 1.44. The van der Waals surface area contributed by atoms with E-state index in [2.05, 4.69) is 4.98 Å². The van der Waals surface area contributed by atoms with Crippen LogP contribution in [0.15, 0.2) is 66.0 Å². The van der Waals surface area contributed by atoms with E-state index in [4.69, 9.17) is 30.9 Å². The van der Waals surface area contributed by atoms with Gasteiger partial charge in [-0.25, -0.2) is 5.01 Å². The highest BCUT2D eigenvalue weighted by molar-refractivity contribution is 6.30. The summed E-state index contributed by atoms with van der Waals surface area (Å²) >= 11 is 6.29. The van der Waals surface area contributed by atoms with Crippen molar-refractivity contribution in [2.24, 2.45) is 5.10 Å². The van der Waals surface area contributed by atoms with Gasteiger partial charge in [0.25, 0.3) is 0 Å². The number of hydrogen-bond acceptors (Lipinski definition) is 6. The fourth-order valence-electron chi connectivity index (χ4n) is 4.06. The van der Waals surface area contributed by atoms with Crippen LogP contribution in [-0.4, -0.2) is 22.5 Å². The second-order valence-electron chi connectivity index (χ2n) is 7.15. The van der Waals surface area contributed by atoms with E-state index in [0.29, 0.717) is 5.02 Å². The number of fused-ring (bicyclic) bond motifs is 4. The third-order valence-corrected chi connectivity index (χ3v) is 5.68. The Labute approximate surface area is 172 Å². The normalized spacial score (nSPS) is 21.3. The Morgan fingerprint density at radius 2 is 1.76 bits per heavy atom. The van der Waals surface area contributed by atoms with Gasteiger partial charge < -0.3 is 14.2 Å². The summed E-state index contributed by atoms with van der Waals surface area (Å²) < 4.78 is 17.3. The number of halogens is 1. The van der Waals surface area contributed by atoms with Gasteiger partial charge in [0.2, 0.25) is 13.0 Å². The van der Waals surface area contributed by atoms with Crippen molar-refractivity contribution in [1.82, 2.24) is 9.99 Å². The molecule has 0 N–H and O–H groups in total. The minimum Gasteiger partial charge on any atom is -0.464 e. The van der Waals surface area contributed by atoms with Gasteiger partial charge in [-0.3, -0.25) is 4.98 Å². The number of nitrogens with zero attached hydrogens (tertiary/aromatic N) is 3. The van der Waals surface area contributed by atoms with Crippen molar-refractivity contribution < 1.29 is 14.2 Å². The maximum atomic E-state index is 6.33. The monoisotopic (exact) mass is 405 g/mol. The molecule has 144 valence electrons. The van der Waals surface area contributed by atoms with Crippen molar-refractivity contribution in [3.8, 4) is 17.2 Å². The van der Waals surface area contributed by atoms with Gasteiger partial charge in [-0.15, -0.1) is 0 Å². The maximum Gasteiger partial charge on any atom is 0.231 e. The smallest absolute Gasteiger partial charge is 0.231 e. The summed E-state index contributed by atoms with van der Waals surface area (Å²) in [5.41, 5.74) is 4.04. The van der Waals surface area contributed by atoms with Crippen LogP contribution < -0.4 is 14.2 Å². The lowest BCUT2D eigenvalue weighted by Gasteiger charge is -2.38. The van der Waals surface area contributed by atoms with Gasteiger partial charge in [0.1, 0.15) is 5.75 Å². The molecule has 0 saturated heterocycles. The predicted molar refractivity (Wildman–Crippen MR) is 107 cm³/mol. The molecule has 3 aliphatic heterocycles. The van der Waals surface area contributed by atoms with Crippen LogP contribution in [0.1, 0.15) is 35.4 Å². The van der Waals surface area contributed by atoms with Crippen LogP contribution in [0.25, 0.3) is 0 Å². The van der Waals surface area contributed by atoms with E-state index in [1.807, 2.05) is 53.5 Å². The number of rotatable bonds is 2. The lowest BCUT2D eigenvalue weighted by Crippen LogP contribution is -2.33. The van der Waals surface area contributed by atoms with E-state index < -0.39 is 0 Å². The van der Waals surface area contributed by atoms with Crippen molar-refractivity contribution in [3.05, 3.63) is 82.6 Å². The average Bonchev–Trinajstić information content (AvgIpc) is 3.40. The summed E-state index contributed by atoms with van der Waals surface area (Å²) in [6.45, 7) is 0.254. The molecule has 0 amide bonds. The first-order valence-corrected chi connectivity index (χ1v) is 9.76. The lowest BCUT2D eigenvalue weighted by molar-refractivity contribution is -0.0190. The minimum atomic E-state index is -0.330. The second-order valence-corrected chi connectivity index (χ2v) is 7.58. The Morgan fingerprint density at radius 1 is 0.931 bits per heavy atom. The first-order chi connectivity index (χ1) is 14.3. The van der Waals surface area contributed by atoms with Gasteiger partial charge in [0.05, 0.1) is 11.8 Å². The molecule has 29 heavy (non-hydrogen) atoms. The zero-order valence-electron chi connectivity index (χ0n) is 15.3. The number of ether oxygens (including phenoxy) is 3. The molecule has 0 saturated carbocycles. The van der Waals surface area contributed by atoms with E-state index in [0.717, 1.165) is 46.1 Å². The van der Waals surface area contributed by atoms with E-state index in [1.165, 1.54) is 0 Å². The largest absolute Gasteiger partial charge is 0.464 e. The molecule has 2 aromatic carbocycles. The highest BCUT2D eigenvalue weighted by Gasteiger charge is 2.41. The van der Waals surface area contributed by atoms with E-state index >= 15 is 0 Å². The molecule has 2 atom stereocenters. The molecule has 6 nitrogen and oxygen atoms in total. The molecule has 0 aliphatic carbocycles. The summed E-state index contributed by atoms with van der Waals surface area (Å²) in [7, 11) is 0. The zero-order valence-corrected chi connectivity index (χ0v) is 16.0. The Hall–Kier alpha value is -3.25. The standard InChI is InChI=1S/C22H16ClN3O3/c23-15-2-4-19-16(10-15)18-11-17(14-1-3-20-21(9-14)28-12-27-20)25-26(18)22(29-19)13-5-7-24-8-6-13/h1-10,18,22H,11-12H2/t18-,22+/m1/s1. The van der Waals surface area contributed by atoms with Gasteiger partial charge in [-0.1, -0.05) is 11.6 Å². The molecular formula is C22H16ClN3O3. The van der Waals surface area contributed by atoms with Gasteiger partial charge in [0.15, 0.2) is 11.5 Å². The van der Waals surface area contributed by atoms with Crippen molar-refractivity contribution in [1.29, 1.82) is 0 Å². The van der Waals surface area contributed by atoms with Crippen molar-refractivity contribution in [3.63, 3.8) is 0 Å². The summed E-state index contributed by atoms with van der Waals surface area (Å²) in [5.74, 6) is 2.35. The maximum absolute atomic E-state index is 6.33. The molecule has 4 heterocycles. The lowest BCUT2D eigenvalue weighted by atomic mass is 9.96. The number of benzene rings is 2. The van der Waals surface area contributed by atoms with Gasteiger partial charge in [-0.05, 0) is 48.5 Å². The Bertz CT molecular complexity index is 1140. The van der Waals surface area contributed by atoms with Gasteiger partial charge in [0, 0.05) is 40.5 Å². The fraction of sp³-hybridized carbons (Fsp3) is 0.182. The molecule has 6 rings (SSSR count). The number of pyridine rings is 1. The second kappa shape index (κ2) is 6.39. The van der Waals surface area contributed by atoms with E-state index in [1.54, 1.807) is 12.4 Å². The first-order valence-electron chi connectivity index (χ1n) is 9.38. The van der Waals surface area contributed by atoms with Crippen molar-refractivity contribution in [2.45, 2.75) is 18.7 Å². The summed E-state index contributed by atoms with van der Waals surface area (Å²) in [4.78, 5) is 4.12. The molecule has 0 spiro atoms. The topological polar surface area (TPSA) is 56.2 Å². The summed E-state index contributed by atoms with van der Waals surface area (Å²) in [5, 5.41) is 7.67. The Kier molecular flexibility index (Phi) is 3.67. The molecule has 0 bridgehead atoms. The first kappa shape index (κ1) is 16.7. The van der Waals surface area contributed by atoms with Gasteiger partial charge in [-0.2, -0.15) is 5.10 Å². The molecule has 3 aliphatic rings. The SMILES string of the molecule is Clc1ccc2c(c1)[C@H]1CC(c3ccc4c(c3)OCO4)=NN1[C@H](c1ccncc1)O2.